The highest BCUT2D eigenvalue weighted by Crippen LogP contribution is 2.13. The normalized spacial score (nSPS) is 15.6. The molecule has 6 nitrogen and oxygen atoms in total. The van der Waals surface area contributed by atoms with Crippen molar-refractivity contribution in [2.45, 2.75) is 52.7 Å². The molecular formula is C12H21N5O. The smallest absolute Gasteiger partial charge is 0.315 e. The van der Waals surface area contributed by atoms with Crippen LogP contribution in [0.15, 0.2) is 0 Å². The second-order valence-corrected chi connectivity index (χ2v) is 5.15. The zero-order valence-corrected chi connectivity index (χ0v) is 11.2. The maximum Gasteiger partial charge on any atom is 0.315 e. The van der Waals surface area contributed by atoms with Crippen molar-refractivity contribution in [2.75, 3.05) is 0 Å². The monoisotopic (exact) mass is 251 g/mol. The van der Waals surface area contributed by atoms with Crippen molar-refractivity contribution >= 4 is 6.03 Å². The van der Waals surface area contributed by atoms with Crippen molar-refractivity contribution in [1.82, 2.24) is 25.4 Å². The number of hydrogen-bond donors (Lipinski definition) is 2. The lowest BCUT2D eigenvalue weighted by atomic mass is 10.1. The average molecular weight is 251 g/mol. The molecule has 6 heteroatoms. The number of aromatic nitrogens is 3. The molecule has 18 heavy (non-hydrogen) atoms. The molecule has 2 heterocycles. The Hall–Kier alpha value is -1.59. The quantitative estimate of drug-likeness (QED) is 0.840. The molecule has 100 valence electrons. The molecule has 2 amide bonds. The zero-order chi connectivity index (χ0) is 13.1. The predicted octanol–water partition coefficient (Wildman–Crippen LogP) is 1.07. The molecule has 0 spiro atoms. The van der Waals surface area contributed by atoms with Crippen LogP contribution >= 0.6 is 0 Å². The molecule has 1 aromatic rings. The van der Waals surface area contributed by atoms with Crippen molar-refractivity contribution in [3.8, 4) is 0 Å². The molecule has 0 fully saturated rings. The van der Waals surface area contributed by atoms with Crippen molar-refractivity contribution < 1.29 is 4.79 Å². The molecule has 0 bridgehead atoms. The molecule has 1 aliphatic heterocycles. The number of carbonyl (C=O) groups is 1. The van der Waals surface area contributed by atoms with Gasteiger partial charge in [-0.25, -0.2) is 4.79 Å². The Labute approximate surface area is 107 Å². The summed E-state index contributed by atoms with van der Waals surface area (Å²) in [4.78, 5) is 11.7. The van der Waals surface area contributed by atoms with Gasteiger partial charge in [0.1, 0.15) is 5.82 Å². The summed E-state index contributed by atoms with van der Waals surface area (Å²) >= 11 is 0. The Morgan fingerprint density at radius 1 is 1.39 bits per heavy atom. The Balaban J connectivity index is 1.82. The first-order valence-electron chi connectivity index (χ1n) is 6.53. The lowest BCUT2D eigenvalue weighted by Crippen LogP contribution is -2.42. The minimum Gasteiger partial charge on any atom is -0.335 e. The van der Waals surface area contributed by atoms with Crippen LogP contribution in [0.2, 0.25) is 0 Å². The van der Waals surface area contributed by atoms with Gasteiger partial charge >= 0.3 is 6.03 Å². The number of nitrogens with zero attached hydrogens (tertiary/aromatic N) is 3. The lowest BCUT2D eigenvalue weighted by molar-refractivity contribution is 0.233. The summed E-state index contributed by atoms with van der Waals surface area (Å²) in [6.45, 7) is 7.55. The second-order valence-electron chi connectivity index (χ2n) is 5.15. The van der Waals surface area contributed by atoms with E-state index in [1.54, 1.807) is 0 Å². The Morgan fingerprint density at radius 3 is 2.89 bits per heavy atom. The Morgan fingerprint density at radius 2 is 2.17 bits per heavy atom. The van der Waals surface area contributed by atoms with Crippen molar-refractivity contribution in [2.24, 2.45) is 5.92 Å². The molecule has 2 rings (SSSR count). The summed E-state index contributed by atoms with van der Waals surface area (Å²) in [7, 11) is 0. The van der Waals surface area contributed by atoms with E-state index in [1.807, 2.05) is 6.92 Å². The molecule has 0 saturated carbocycles. The molecule has 0 aromatic carbocycles. The van der Waals surface area contributed by atoms with E-state index in [0.29, 0.717) is 12.5 Å². The van der Waals surface area contributed by atoms with Crippen LogP contribution in [0.4, 0.5) is 4.79 Å². The van der Waals surface area contributed by atoms with Crippen LogP contribution in [0.1, 0.15) is 38.8 Å². The highest BCUT2D eigenvalue weighted by molar-refractivity contribution is 5.74. The second kappa shape index (κ2) is 5.37. The van der Waals surface area contributed by atoms with Crippen LogP contribution in [0.25, 0.3) is 0 Å². The van der Waals surface area contributed by atoms with Gasteiger partial charge in [0.25, 0.3) is 0 Å². The zero-order valence-electron chi connectivity index (χ0n) is 11.2. The van der Waals surface area contributed by atoms with Gasteiger partial charge in [-0.3, -0.25) is 0 Å². The van der Waals surface area contributed by atoms with Gasteiger partial charge in [-0.15, -0.1) is 10.2 Å². The first kappa shape index (κ1) is 12.9. The summed E-state index contributed by atoms with van der Waals surface area (Å²) in [5.41, 5.74) is 0. The van der Waals surface area contributed by atoms with Crippen LogP contribution in [0, 0.1) is 5.92 Å². The number of carbonyl (C=O) groups excluding carboxylic acids is 1. The van der Waals surface area contributed by atoms with Crippen LogP contribution in [-0.4, -0.2) is 26.8 Å². The SMILES string of the molecule is CC(C)[C@@H](C)NC(=O)NCc1nnc2n1CCC2. The van der Waals surface area contributed by atoms with Crippen molar-refractivity contribution in [3.05, 3.63) is 11.6 Å². The van der Waals surface area contributed by atoms with Crippen LogP contribution in [0.5, 0.6) is 0 Å². The molecular weight excluding hydrogens is 230 g/mol. The number of nitrogens with one attached hydrogen (secondary N) is 2. The minimum atomic E-state index is -0.147. The first-order valence-corrected chi connectivity index (χ1v) is 6.53. The average Bonchev–Trinajstić information content (AvgIpc) is 2.88. The van der Waals surface area contributed by atoms with Crippen LogP contribution in [0.3, 0.4) is 0 Å². The van der Waals surface area contributed by atoms with E-state index in [4.69, 9.17) is 0 Å². The third kappa shape index (κ3) is 2.80. The lowest BCUT2D eigenvalue weighted by Gasteiger charge is -2.17. The third-order valence-corrected chi connectivity index (χ3v) is 3.45. The first-order chi connectivity index (χ1) is 8.58. The highest BCUT2D eigenvalue weighted by atomic mass is 16.2. The molecule has 1 atom stereocenters. The van der Waals surface area contributed by atoms with E-state index in [1.165, 1.54) is 0 Å². The number of rotatable bonds is 4. The van der Waals surface area contributed by atoms with E-state index in [0.717, 1.165) is 31.0 Å². The van der Waals surface area contributed by atoms with Gasteiger partial charge in [0.15, 0.2) is 5.82 Å². The van der Waals surface area contributed by atoms with Gasteiger partial charge in [-0.05, 0) is 19.3 Å². The molecule has 0 radical (unpaired) electrons. The number of amides is 2. The topological polar surface area (TPSA) is 71.8 Å². The van der Waals surface area contributed by atoms with E-state index < -0.39 is 0 Å². The van der Waals surface area contributed by atoms with Crippen molar-refractivity contribution in [3.63, 3.8) is 0 Å². The van der Waals surface area contributed by atoms with Gasteiger partial charge in [0.05, 0.1) is 6.54 Å². The summed E-state index contributed by atoms with van der Waals surface area (Å²) in [6, 6.07) is 0.0145. The number of aryl methyl sites for hydroxylation is 1. The van der Waals surface area contributed by atoms with E-state index >= 15 is 0 Å². The standard InChI is InChI=1S/C12H21N5O/c1-8(2)9(3)14-12(18)13-7-11-16-15-10-5-4-6-17(10)11/h8-9H,4-7H2,1-3H3,(H2,13,14,18)/t9-/m1/s1. The van der Waals surface area contributed by atoms with E-state index in [9.17, 15) is 4.79 Å². The summed E-state index contributed by atoms with van der Waals surface area (Å²) < 4.78 is 2.09. The van der Waals surface area contributed by atoms with Gasteiger partial charge < -0.3 is 15.2 Å². The maximum atomic E-state index is 11.7. The summed E-state index contributed by atoms with van der Waals surface area (Å²) in [6.07, 6.45) is 2.11. The molecule has 1 aliphatic rings. The molecule has 2 N–H and O–H groups in total. The fourth-order valence-corrected chi connectivity index (χ4v) is 1.93. The van der Waals surface area contributed by atoms with Crippen LogP contribution in [-0.2, 0) is 19.5 Å². The fourth-order valence-electron chi connectivity index (χ4n) is 1.93. The summed E-state index contributed by atoms with van der Waals surface area (Å²) in [5.74, 6) is 2.30. The Kier molecular flexibility index (Phi) is 3.84. The summed E-state index contributed by atoms with van der Waals surface area (Å²) in [5, 5.41) is 13.9. The maximum absolute atomic E-state index is 11.7. The largest absolute Gasteiger partial charge is 0.335 e. The molecule has 0 aliphatic carbocycles. The van der Waals surface area contributed by atoms with Gasteiger partial charge in [-0.1, -0.05) is 13.8 Å². The molecule has 0 unspecified atom stereocenters. The van der Waals surface area contributed by atoms with Crippen LogP contribution < -0.4 is 10.6 Å². The van der Waals surface area contributed by atoms with Gasteiger partial charge in [-0.2, -0.15) is 0 Å². The van der Waals surface area contributed by atoms with Gasteiger partial charge in [0.2, 0.25) is 0 Å². The van der Waals surface area contributed by atoms with E-state index in [-0.39, 0.29) is 12.1 Å². The van der Waals surface area contributed by atoms with Gasteiger partial charge in [0, 0.05) is 19.0 Å². The number of hydrogen-bond acceptors (Lipinski definition) is 3. The Bertz CT molecular complexity index is 426. The fraction of sp³-hybridized carbons (Fsp3) is 0.750. The number of urea groups is 1. The highest BCUT2D eigenvalue weighted by Gasteiger charge is 2.17. The number of fused-ring (bicyclic) bond motifs is 1. The third-order valence-electron chi connectivity index (χ3n) is 3.45. The minimum absolute atomic E-state index is 0.147. The predicted molar refractivity (Wildman–Crippen MR) is 68.0 cm³/mol. The molecule has 1 aromatic heterocycles. The van der Waals surface area contributed by atoms with Crippen molar-refractivity contribution in [1.29, 1.82) is 0 Å². The van der Waals surface area contributed by atoms with E-state index in [2.05, 4.69) is 39.2 Å². The molecule has 0 saturated heterocycles.